The molecular weight excluding hydrogens is 385 g/mol. The number of ether oxygens (including phenoxy) is 1. The number of anilines is 1. The van der Waals surface area contributed by atoms with Crippen molar-refractivity contribution < 1.29 is 13.9 Å². The highest BCUT2D eigenvalue weighted by Gasteiger charge is 2.09. The number of nitrogens with zero attached hydrogens (tertiary/aromatic N) is 4. The van der Waals surface area contributed by atoms with Crippen LogP contribution >= 0.6 is 12.2 Å². The maximum Gasteiger partial charge on any atom is 0.262 e. The van der Waals surface area contributed by atoms with Crippen LogP contribution in [0.25, 0.3) is 0 Å². The van der Waals surface area contributed by atoms with E-state index in [-0.39, 0.29) is 24.1 Å². The molecular formula is C17H16FN7O2S. The average molecular weight is 401 g/mol. The summed E-state index contributed by atoms with van der Waals surface area (Å²) in [6.07, 6.45) is 0. The number of para-hydroxylation sites is 1. The van der Waals surface area contributed by atoms with E-state index in [2.05, 4.69) is 31.6 Å². The number of carbonyl (C=O) groups is 1. The van der Waals surface area contributed by atoms with E-state index in [1.807, 2.05) is 30.3 Å². The van der Waals surface area contributed by atoms with Crippen LogP contribution in [-0.2, 0) is 17.9 Å². The SMILES string of the molecule is O=C(Cn1nnc(COc2ccccc2)n1)NNC(=S)Nc1ccc(F)cc1. The van der Waals surface area contributed by atoms with Crippen molar-refractivity contribution in [3.63, 3.8) is 0 Å². The molecule has 1 heterocycles. The summed E-state index contributed by atoms with van der Waals surface area (Å²) >= 11 is 5.04. The minimum atomic E-state index is -0.434. The Kier molecular flexibility index (Phi) is 6.41. The van der Waals surface area contributed by atoms with Crippen LogP contribution in [-0.4, -0.2) is 31.2 Å². The van der Waals surface area contributed by atoms with E-state index in [1.165, 1.54) is 24.3 Å². The molecule has 3 aromatic rings. The topological polar surface area (TPSA) is 106 Å². The van der Waals surface area contributed by atoms with Gasteiger partial charge in [0, 0.05) is 5.69 Å². The van der Waals surface area contributed by atoms with Gasteiger partial charge in [-0.2, -0.15) is 4.80 Å². The molecule has 0 saturated carbocycles. The van der Waals surface area contributed by atoms with Gasteiger partial charge in [0.05, 0.1) is 0 Å². The molecule has 0 radical (unpaired) electrons. The molecule has 3 N–H and O–H groups in total. The minimum Gasteiger partial charge on any atom is -0.485 e. The number of tetrazole rings is 1. The Morgan fingerprint density at radius 3 is 2.61 bits per heavy atom. The summed E-state index contributed by atoms with van der Waals surface area (Å²) in [5.74, 6) is 0.240. The van der Waals surface area contributed by atoms with Crippen molar-refractivity contribution in [3.8, 4) is 5.75 Å². The predicted molar refractivity (Wildman–Crippen MR) is 102 cm³/mol. The molecule has 0 aliphatic carbocycles. The minimum absolute atomic E-state index is 0.134. The highest BCUT2D eigenvalue weighted by atomic mass is 32.1. The van der Waals surface area contributed by atoms with Gasteiger partial charge in [-0.25, -0.2) is 4.39 Å². The fourth-order valence-electron chi connectivity index (χ4n) is 2.06. The number of rotatable bonds is 6. The van der Waals surface area contributed by atoms with E-state index in [4.69, 9.17) is 17.0 Å². The lowest BCUT2D eigenvalue weighted by Gasteiger charge is -2.11. The monoisotopic (exact) mass is 401 g/mol. The number of benzene rings is 2. The zero-order valence-corrected chi connectivity index (χ0v) is 15.3. The van der Waals surface area contributed by atoms with Gasteiger partial charge in [-0.1, -0.05) is 18.2 Å². The molecule has 144 valence electrons. The van der Waals surface area contributed by atoms with Crippen LogP contribution in [0.15, 0.2) is 54.6 Å². The lowest BCUT2D eigenvalue weighted by atomic mass is 10.3. The van der Waals surface area contributed by atoms with Crippen LogP contribution in [0, 0.1) is 5.82 Å². The molecule has 0 aliphatic rings. The van der Waals surface area contributed by atoms with Gasteiger partial charge < -0.3 is 10.1 Å². The third-order valence-electron chi connectivity index (χ3n) is 3.31. The van der Waals surface area contributed by atoms with Crippen LogP contribution < -0.4 is 20.9 Å². The summed E-state index contributed by atoms with van der Waals surface area (Å²) in [7, 11) is 0. The van der Waals surface area contributed by atoms with Crippen molar-refractivity contribution in [2.24, 2.45) is 0 Å². The van der Waals surface area contributed by atoms with E-state index >= 15 is 0 Å². The predicted octanol–water partition coefficient (Wildman–Crippen LogP) is 1.41. The zero-order chi connectivity index (χ0) is 19.8. The van der Waals surface area contributed by atoms with Gasteiger partial charge in [0.2, 0.25) is 5.82 Å². The Morgan fingerprint density at radius 2 is 1.86 bits per heavy atom. The summed E-state index contributed by atoms with van der Waals surface area (Å²) in [4.78, 5) is 13.1. The molecule has 0 aliphatic heterocycles. The second-order valence-electron chi connectivity index (χ2n) is 5.47. The van der Waals surface area contributed by atoms with Crippen molar-refractivity contribution in [3.05, 3.63) is 66.2 Å². The highest BCUT2D eigenvalue weighted by Crippen LogP contribution is 2.09. The standard InChI is InChI=1S/C17H16FN7O2S/c18-12-6-8-13(9-7-12)19-17(28)22-21-16(26)10-25-23-15(20-24-25)11-27-14-4-2-1-3-5-14/h1-9H,10-11H2,(H,21,26)(H2,19,22,28). The second kappa shape index (κ2) is 9.37. The van der Waals surface area contributed by atoms with Crippen molar-refractivity contribution in [1.82, 2.24) is 31.1 Å². The lowest BCUT2D eigenvalue weighted by Crippen LogP contribution is -2.45. The molecule has 2 aromatic carbocycles. The van der Waals surface area contributed by atoms with Crippen LogP contribution in [0.5, 0.6) is 5.75 Å². The summed E-state index contributed by atoms with van der Waals surface area (Å²) in [6, 6.07) is 14.8. The summed E-state index contributed by atoms with van der Waals surface area (Å²) in [5, 5.41) is 14.6. The summed E-state index contributed by atoms with van der Waals surface area (Å²) in [5.41, 5.74) is 5.51. The molecule has 0 fully saturated rings. The smallest absolute Gasteiger partial charge is 0.262 e. The number of halogens is 1. The normalized spacial score (nSPS) is 10.2. The molecule has 0 saturated heterocycles. The maximum absolute atomic E-state index is 12.9. The van der Waals surface area contributed by atoms with E-state index in [9.17, 15) is 9.18 Å². The van der Waals surface area contributed by atoms with Crippen LogP contribution in [0.1, 0.15) is 5.82 Å². The van der Waals surface area contributed by atoms with Crippen molar-refractivity contribution in [1.29, 1.82) is 0 Å². The first-order chi connectivity index (χ1) is 13.6. The second-order valence-corrected chi connectivity index (χ2v) is 5.88. The van der Waals surface area contributed by atoms with Gasteiger partial charge in [0.15, 0.2) is 11.7 Å². The van der Waals surface area contributed by atoms with Crippen molar-refractivity contribution >= 4 is 28.9 Å². The number of carbonyl (C=O) groups excluding carboxylic acids is 1. The first-order valence-electron chi connectivity index (χ1n) is 8.14. The van der Waals surface area contributed by atoms with E-state index in [0.29, 0.717) is 17.3 Å². The fraction of sp³-hybridized carbons (Fsp3) is 0.118. The van der Waals surface area contributed by atoms with Gasteiger partial charge in [-0.05, 0) is 53.8 Å². The van der Waals surface area contributed by atoms with Gasteiger partial charge in [-0.3, -0.25) is 15.6 Å². The van der Waals surface area contributed by atoms with E-state index < -0.39 is 5.91 Å². The Balaban J connectivity index is 1.40. The summed E-state index contributed by atoms with van der Waals surface area (Å²) < 4.78 is 18.4. The van der Waals surface area contributed by atoms with Crippen molar-refractivity contribution in [2.45, 2.75) is 13.2 Å². The third kappa shape index (κ3) is 5.99. The van der Waals surface area contributed by atoms with Crippen LogP contribution in [0.3, 0.4) is 0 Å². The lowest BCUT2D eigenvalue weighted by molar-refractivity contribution is -0.122. The largest absolute Gasteiger partial charge is 0.485 e. The van der Waals surface area contributed by atoms with E-state index in [1.54, 1.807) is 0 Å². The zero-order valence-electron chi connectivity index (χ0n) is 14.5. The Bertz CT molecular complexity index is 934. The molecule has 9 nitrogen and oxygen atoms in total. The number of amides is 1. The van der Waals surface area contributed by atoms with E-state index in [0.717, 1.165) is 4.80 Å². The molecule has 0 atom stereocenters. The first kappa shape index (κ1) is 19.2. The van der Waals surface area contributed by atoms with Gasteiger partial charge in [0.25, 0.3) is 5.91 Å². The number of hydrazine groups is 1. The van der Waals surface area contributed by atoms with Crippen LogP contribution in [0.2, 0.25) is 0 Å². The number of hydrogen-bond donors (Lipinski definition) is 3. The molecule has 1 amide bonds. The Labute approximate surface area is 164 Å². The molecule has 3 rings (SSSR count). The number of aromatic nitrogens is 4. The highest BCUT2D eigenvalue weighted by molar-refractivity contribution is 7.80. The number of thiocarbonyl (C=S) groups is 1. The average Bonchev–Trinajstić information content (AvgIpc) is 3.15. The quantitative estimate of drug-likeness (QED) is 0.421. The van der Waals surface area contributed by atoms with Gasteiger partial charge in [-0.15, -0.1) is 10.2 Å². The molecule has 1 aromatic heterocycles. The van der Waals surface area contributed by atoms with Crippen molar-refractivity contribution in [2.75, 3.05) is 5.32 Å². The third-order valence-corrected chi connectivity index (χ3v) is 3.51. The van der Waals surface area contributed by atoms with Gasteiger partial charge in [0.1, 0.15) is 18.1 Å². The Hall–Kier alpha value is -3.60. The number of nitrogens with one attached hydrogen (secondary N) is 3. The molecule has 0 unspecified atom stereocenters. The maximum atomic E-state index is 12.9. The fourth-order valence-corrected chi connectivity index (χ4v) is 2.22. The first-order valence-corrected chi connectivity index (χ1v) is 8.55. The molecule has 0 spiro atoms. The number of hydrogen-bond acceptors (Lipinski definition) is 6. The summed E-state index contributed by atoms with van der Waals surface area (Å²) in [6.45, 7) is -0.0277. The molecule has 11 heteroatoms. The van der Waals surface area contributed by atoms with Gasteiger partial charge >= 0.3 is 0 Å². The van der Waals surface area contributed by atoms with Crippen LogP contribution in [0.4, 0.5) is 10.1 Å². The molecule has 0 bridgehead atoms. The molecule has 28 heavy (non-hydrogen) atoms. The Morgan fingerprint density at radius 1 is 1.11 bits per heavy atom.